The van der Waals surface area contributed by atoms with E-state index in [1.807, 2.05) is 6.07 Å². The van der Waals surface area contributed by atoms with Gasteiger partial charge in [0.25, 0.3) is 0 Å². The molecule has 0 saturated heterocycles. The number of carbonyl (C=O) groups excluding carboxylic acids is 1. The summed E-state index contributed by atoms with van der Waals surface area (Å²) in [5, 5.41) is 2.74. The lowest BCUT2D eigenvalue weighted by molar-refractivity contribution is -0.116. The molecule has 0 fully saturated rings. The van der Waals surface area contributed by atoms with E-state index in [0.717, 1.165) is 12.0 Å². The lowest BCUT2D eigenvalue weighted by Crippen LogP contribution is -2.21. The predicted octanol–water partition coefficient (Wildman–Crippen LogP) is 5.22. The van der Waals surface area contributed by atoms with Crippen molar-refractivity contribution in [2.24, 2.45) is 11.3 Å². The molecule has 1 aromatic rings. The summed E-state index contributed by atoms with van der Waals surface area (Å²) in [5.74, 6) is 0.183. The van der Waals surface area contributed by atoms with Gasteiger partial charge < -0.3 is 5.32 Å². The van der Waals surface area contributed by atoms with Crippen LogP contribution in [-0.4, -0.2) is 5.91 Å². The summed E-state index contributed by atoms with van der Waals surface area (Å²) in [6, 6.07) is 3.36. The second-order valence-electron chi connectivity index (χ2n) is 7.05. The van der Waals surface area contributed by atoms with Gasteiger partial charge in [0.15, 0.2) is 0 Å². The van der Waals surface area contributed by atoms with E-state index in [1.54, 1.807) is 0 Å². The fraction of sp³-hybridized carbons (Fsp3) is 0.588. The number of hydrogen-bond acceptors (Lipinski definition) is 1. The maximum atomic E-state index is 14.3. The molecule has 2 nitrogen and oxygen atoms in total. The van der Waals surface area contributed by atoms with Crippen molar-refractivity contribution in [2.45, 2.75) is 51.8 Å². The topological polar surface area (TPSA) is 29.1 Å². The Hall–Kier alpha value is -0.900. The Balaban J connectivity index is 2.22. The first-order valence-electron chi connectivity index (χ1n) is 7.44. The SMILES string of the molecule is CC(CC(Br)c1cc2c(cc1F)NC(=O)CC2)C(C)(C)C. The Kier molecular flexibility index (Phi) is 4.76. The van der Waals surface area contributed by atoms with Gasteiger partial charge in [-0.25, -0.2) is 4.39 Å². The summed E-state index contributed by atoms with van der Waals surface area (Å²) in [4.78, 5) is 11.4. The molecule has 2 unspecified atom stereocenters. The lowest BCUT2D eigenvalue weighted by atomic mass is 9.79. The van der Waals surface area contributed by atoms with Gasteiger partial charge >= 0.3 is 0 Å². The van der Waals surface area contributed by atoms with E-state index in [4.69, 9.17) is 0 Å². The van der Waals surface area contributed by atoms with Crippen LogP contribution in [0.4, 0.5) is 10.1 Å². The lowest BCUT2D eigenvalue weighted by Gasteiger charge is -2.29. The Morgan fingerprint density at radius 1 is 1.33 bits per heavy atom. The van der Waals surface area contributed by atoms with Gasteiger partial charge in [-0.2, -0.15) is 0 Å². The summed E-state index contributed by atoms with van der Waals surface area (Å²) in [6.07, 6.45) is 2.04. The van der Waals surface area contributed by atoms with Crippen molar-refractivity contribution < 1.29 is 9.18 Å². The van der Waals surface area contributed by atoms with Crippen LogP contribution in [0.25, 0.3) is 0 Å². The smallest absolute Gasteiger partial charge is 0.224 e. The van der Waals surface area contributed by atoms with E-state index >= 15 is 0 Å². The van der Waals surface area contributed by atoms with Gasteiger partial charge in [0.1, 0.15) is 5.82 Å². The van der Waals surface area contributed by atoms with E-state index in [0.29, 0.717) is 30.0 Å². The molecule has 1 aliphatic heterocycles. The van der Waals surface area contributed by atoms with Crippen molar-refractivity contribution in [1.29, 1.82) is 0 Å². The molecule has 1 aliphatic rings. The molecule has 0 bridgehead atoms. The van der Waals surface area contributed by atoms with Crippen LogP contribution >= 0.6 is 15.9 Å². The Labute approximate surface area is 134 Å². The number of fused-ring (bicyclic) bond motifs is 1. The molecular formula is C17H23BrFNO. The van der Waals surface area contributed by atoms with Crippen LogP contribution in [0.3, 0.4) is 0 Å². The molecule has 1 amide bonds. The second kappa shape index (κ2) is 6.07. The third-order valence-electron chi connectivity index (χ3n) is 4.49. The first kappa shape index (κ1) is 16.5. The van der Waals surface area contributed by atoms with Crippen molar-refractivity contribution in [2.75, 3.05) is 5.32 Å². The minimum absolute atomic E-state index is 0.00495. The highest BCUT2D eigenvalue weighted by atomic mass is 79.9. The Morgan fingerprint density at radius 3 is 2.62 bits per heavy atom. The zero-order valence-electron chi connectivity index (χ0n) is 13.1. The monoisotopic (exact) mass is 355 g/mol. The number of anilines is 1. The molecule has 0 aromatic heterocycles. The minimum atomic E-state index is -0.251. The average molecular weight is 356 g/mol. The number of rotatable bonds is 3. The number of benzene rings is 1. The molecule has 116 valence electrons. The molecule has 1 N–H and O–H groups in total. The summed E-state index contributed by atoms with van der Waals surface area (Å²) in [7, 11) is 0. The van der Waals surface area contributed by atoms with E-state index in [9.17, 15) is 9.18 Å². The van der Waals surface area contributed by atoms with Gasteiger partial charge in [0.05, 0.1) is 0 Å². The van der Waals surface area contributed by atoms with Crippen LogP contribution < -0.4 is 5.32 Å². The summed E-state index contributed by atoms with van der Waals surface area (Å²) in [6.45, 7) is 8.81. The highest BCUT2D eigenvalue weighted by Crippen LogP contribution is 2.39. The third kappa shape index (κ3) is 3.85. The number of amides is 1. The van der Waals surface area contributed by atoms with Gasteiger partial charge in [0.2, 0.25) is 5.91 Å². The first-order chi connectivity index (χ1) is 9.68. The van der Waals surface area contributed by atoms with E-state index in [1.165, 1.54) is 6.07 Å². The third-order valence-corrected chi connectivity index (χ3v) is 5.36. The number of hydrogen-bond donors (Lipinski definition) is 1. The van der Waals surface area contributed by atoms with Gasteiger partial charge in [-0.15, -0.1) is 0 Å². The maximum Gasteiger partial charge on any atom is 0.224 e. The van der Waals surface area contributed by atoms with E-state index in [-0.39, 0.29) is 22.0 Å². The fourth-order valence-corrected chi connectivity index (χ4v) is 3.36. The molecule has 0 saturated carbocycles. The van der Waals surface area contributed by atoms with Crippen molar-refractivity contribution in [3.63, 3.8) is 0 Å². The van der Waals surface area contributed by atoms with Crippen molar-refractivity contribution >= 4 is 27.5 Å². The zero-order valence-corrected chi connectivity index (χ0v) is 14.7. The maximum absolute atomic E-state index is 14.3. The van der Waals surface area contributed by atoms with Gasteiger partial charge in [-0.1, -0.05) is 43.6 Å². The van der Waals surface area contributed by atoms with Crippen LogP contribution in [0.5, 0.6) is 0 Å². The van der Waals surface area contributed by atoms with Crippen molar-refractivity contribution in [3.05, 3.63) is 29.1 Å². The molecular weight excluding hydrogens is 333 g/mol. The van der Waals surface area contributed by atoms with Gasteiger partial charge in [0, 0.05) is 22.5 Å². The van der Waals surface area contributed by atoms with Crippen LogP contribution in [-0.2, 0) is 11.2 Å². The minimum Gasteiger partial charge on any atom is -0.326 e. The number of aryl methyl sites for hydroxylation is 1. The van der Waals surface area contributed by atoms with Crippen LogP contribution in [0.15, 0.2) is 12.1 Å². The number of alkyl halides is 1. The summed E-state index contributed by atoms with van der Waals surface area (Å²) < 4.78 is 14.3. The number of halogens is 2. The second-order valence-corrected chi connectivity index (χ2v) is 8.15. The summed E-state index contributed by atoms with van der Waals surface area (Å²) >= 11 is 3.64. The highest BCUT2D eigenvalue weighted by molar-refractivity contribution is 9.09. The molecule has 0 spiro atoms. The van der Waals surface area contributed by atoms with Crippen LogP contribution in [0, 0.1) is 17.2 Å². The van der Waals surface area contributed by atoms with Crippen LogP contribution in [0.2, 0.25) is 0 Å². The quantitative estimate of drug-likeness (QED) is 0.740. The standard InChI is InChI=1S/C17H23BrFNO/c1-10(17(2,3)4)7-13(18)12-8-11-5-6-16(21)20-15(11)9-14(12)19/h8-10,13H,5-7H2,1-4H3,(H,20,21). The van der Waals surface area contributed by atoms with Gasteiger partial charge in [-0.05, 0) is 41.9 Å². The predicted molar refractivity (Wildman–Crippen MR) is 88.3 cm³/mol. The molecule has 21 heavy (non-hydrogen) atoms. The zero-order chi connectivity index (χ0) is 15.8. The fourth-order valence-electron chi connectivity index (χ4n) is 2.45. The number of carbonyl (C=O) groups is 1. The average Bonchev–Trinajstić information content (AvgIpc) is 2.36. The summed E-state index contributed by atoms with van der Waals surface area (Å²) in [5.41, 5.74) is 2.54. The largest absolute Gasteiger partial charge is 0.326 e. The molecule has 0 aliphatic carbocycles. The van der Waals surface area contributed by atoms with Crippen molar-refractivity contribution in [3.8, 4) is 0 Å². The normalized spacial score (nSPS) is 17.9. The Bertz CT molecular complexity index is 550. The first-order valence-corrected chi connectivity index (χ1v) is 8.36. The van der Waals surface area contributed by atoms with E-state index in [2.05, 4.69) is 48.9 Å². The van der Waals surface area contributed by atoms with Crippen LogP contribution in [0.1, 0.15) is 56.5 Å². The molecule has 0 radical (unpaired) electrons. The molecule has 2 rings (SSSR count). The highest BCUT2D eigenvalue weighted by Gasteiger charge is 2.26. The molecule has 1 aromatic carbocycles. The van der Waals surface area contributed by atoms with Crippen molar-refractivity contribution in [1.82, 2.24) is 0 Å². The molecule has 4 heteroatoms. The Morgan fingerprint density at radius 2 is 2.00 bits per heavy atom. The van der Waals surface area contributed by atoms with E-state index < -0.39 is 0 Å². The molecule has 2 atom stereocenters. The molecule has 1 heterocycles. The van der Waals surface area contributed by atoms with Gasteiger partial charge in [-0.3, -0.25) is 4.79 Å². The number of nitrogens with one attached hydrogen (secondary N) is 1.